The number of nitrogens with zero attached hydrogens (tertiary/aromatic N) is 1. The predicted molar refractivity (Wildman–Crippen MR) is 65.4 cm³/mol. The van der Waals surface area contributed by atoms with Crippen LogP contribution in [0.2, 0.25) is 0 Å². The molecule has 0 radical (unpaired) electrons. The van der Waals surface area contributed by atoms with Crippen molar-refractivity contribution in [1.29, 1.82) is 0 Å². The van der Waals surface area contributed by atoms with Crippen molar-refractivity contribution in [3.05, 3.63) is 0 Å². The SMILES string of the molecule is COC[C@H](N)C(=O)N(CC(=O)O)C(=O)OC(C)(C)C. The zero-order valence-corrected chi connectivity index (χ0v) is 11.5. The molecule has 8 nitrogen and oxygen atoms in total. The van der Waals surface area contributed by atoms with Crippen LogP contribution >= 0.6 is 0 Å². The van der Waals surface area contributed by atoms with Crippen molar-refractivity contribution in [2.45, 2.75) is 32.4 Å². The molecule has 0 saturated heterocycles. The molecular formula is C11H20N2O6. The third kappa shape index (κ3) is 6.73. The minimum Gasteiger partial charge on any atom is -0.480 e. The van der Waals surface area contributed by atoms with Gasteiger partial charge in [-0.05, 0) is 20.8 Å². The van der Waals surface area contributed by atoms with Gasteiger partial charge < -0.3 is 20.3 Å². The van der Waals surface area contributed by atoms with Gasteiger partial charge in [0.15, 0.2) is 0 Å². The quantitative estimate of drug-likeness (QED) is 0.714. The minimum atomic E-state index is -1.34. The molecule has 0 heterocycles. The van der Waals surface area contributed by atoms with E-state index in [1.54, 1.807) is 20.8 Å². The molecule has 3 N–H and O–H groups in total. The lowest BCUT2D eigenvalue weighted by Gasteiger charge is -2.26. The Morgan fingerprint density at radius 3 is 2.21 bits per heavy atom. The normalized spacial score (nSPS) is 12.7. The third-order valence-corrected chi connectivity index (χ3v) is 1.84. The summed E-state index contributed by atoms with van der Waals surface area (Å²) in [4.78, 5) is 34.8. The zero-order chi connectivity index (χ0) is 15.2. The molecule has 110 valence electrons. The van der Waals surface area contributed by atoms with Crippen LogP contribution in [0.3, 0.4) is 0 Å². The highest BCUT2D eigenvalue weighted by atomic mass is 16.6. The number of rotatable bonds is 5. The Kier molecular flexibility index (Phi) is 6.43. The Bertz CT molecular complexity index is 350. The van der Waals surface area contributed by atoms with Crippen LogP contribution in [0.1, 0.15) is 20.8 Å². The van der Waals surface area contributed by atoms with Crippen LogP contribution in [-0.2, 0) is 19.1 Å². The van der Waals surface area contributed by atoms with Crippen molar-refractivity contribution in [3.8, 4) is 0 Å². The van der Waals surface area contributed by atoms with Crippen LogP contribution in [0.4, 0.5) is 4.79 Å². The van der Waals surface area contributed by atoms with Crippen LogP contribution in [0.5, 0.6) is 0 Å². The number of methoxy groups -OCH3 is 1. The van der Waals surface area contributed by atoms with E-state index in [9.17, 15) is 14.4 Å². The van der Waals surface area contributed by atoms with Crippen molar-refractivity contribution >= 4 is 18.0 Å². The molecule has 0 rings (SSSR count). The second-order valence-electron chi connectivity index (χ2n) is 4.86. The first-order valence-corrected chi connectivity index (χ1v) is 5.59. The number of hydrogen-bond donors (Lipinski definition) is 2. The van der Waals surface area contributed by atoms with Gasteiger partial charge in [0, 0.05) is 7.11 Å². The fourth-order valence-corrected chi connectivity index (χ4v) is 1.14. The number of hydrogen-bond acceptors (Lipinski definition) is 6. The molecule has 19 heavy (non-hydrogen) atoms. The molecule has 1 atom stereocenters. The Labute approximate surface area is 111 Å². The molecule has 0 aromatic carbocycles. The van der Waals surface area contributed by atoms with E-state index in [4.69, 9.17) is 15.6 Å². The number of carbonyl (C=O) groups is 3. The smallest absolute Gasteiger partial charge is 0.417 e. The lowest BCUT2D eigenvalue weighted by Crippen LogP contribution is -2.51. The lowest BCUT2D eigenvalue weighted by molar-refractivity contribution is -0.144. The Hall–Kier alpha value is -1.67. The lowest BCUT2D eigenvalue weighted by atomic mass is 10.2. The van der Waals surface area contributed by atoms with Crippen LogP contribution < -0.4 is 5.73 Å². The number of carboxylic acid groups (broad SMARTS) is 1. The van der Waals surface area contributed by atoms with E-state index in [2.05, 4.69) is 4.74 Å². The summed E-state index contributed by atoms with van der Waals surface area (Å²) in [6, 6.07) is -1.13. The van der Waals surface area contributed by atoms with Gasteiger partial charge in [0.1, 0.15) is 18.2 Å². The van der Waals surface area contributed by atoms with Gasteiger partial charge >= 0.3 is 12.1 Å². The van der Waals surface area contributed by atoms with Crippen LogP contribution in [0.15, 0.2) is 0 Å². The second-order valence-corrected chi connectivity index (χ2v) is 4.86. The average Bonchev–Trinajstić information content (AvgIpc) is 2.22. The number of carboxylic acids is 1. The summed E-state index contributed by atoms with van der Waals surface area (Å²) in [7, 11) is 1.34. The first kappa shape index (κ1) is 17.3. The summed E-state index contributed by atoms with van der Waals surface area (Å²) in [5.74, 6) is -2.21. The largest absolute Gasteiger partial charge is 0.480 e. The fourth-order valence-electron chi connectivity index (χ4n) is 1.14. The molecular weight excluding hydrogens is 256 g/mol. The molecule has 0 spiro atoms. The van der Waals surface area contributed by atoms with E-state index < -0.39 is 36.2 Å². The van der Waals surface area contributed by atoms with Gasteiger partial charge in [-0.25, -0.2) is 9.69 Å². The second kappa shape index (κ2) is 7.05. The van der Waals surface area contributed by atoms with Gasteiger partial charge in [0.05, 0.1) is 6.61 Å². The van der Waals surface area contributed by atoms with E-state index in [1.165, 1.54) is 7.11 Å². The first-order chi connectivity index (χ1) is 8.58. The molecule has 0 aliphatic carbocycles. The monoisotopic (exact) mass is 276 g/mol. The zero-order valence-electron chi connectivity index (χ0n) is 11.5. The predicted octanol–water partition coefficient (Wildman–Crippen LogP) is -0.192. The number of imide groups is 1. The van der Waals surface area contributed by atoms with Crippen molar-refractivity contribution in [3.63, 3.8) is 0 Å². The summed E-state index contributed by atoms with van der Waals surface area (Å²) < 4.78 is 9.65. The van der Waals surface area contributed by atoms with E-state index in [0.29, 0.717) is 4.90 Å². The number of aliphatic carboxylic acids is 1. The Balaban J connectivity index is 4.94. The summed E-state index contributed by atoms with van der Waals surface area (Å²) in [5, 5.41) is 8.72. The number of amides is 2. The first-order valence-electron chi connectivity index (χ1n) is 5.59. The van der Waals surface area contributed by atoms with Crippen LogP contribution in [0.25, 0.3) is 0 Å². The molecule has 0 saturated carbocycles. The third-order valence-electron chi connectivity index (χ3n) is 1.84. The summed E-state index contributed by atoms with van der Waals surface area (Å²) >= 11 is 0. The van der Waals surface area contributed by atoms with E-state index in [-0.39, 0.29) is 6.61 Å². The van der Waals surface area contributed by atoms with Gasteiger partial charge in [-0.15, -0.1) is 0 Å². The van der Waals surface area contributed by atoms with Gasteiger partial charge in [0.2, 0.25) is 0 Å². The maximum Gasteiger partial charge on any atom is 0.417 e. The molecule has 0 aromatic rings. The number of nitrogens with two attached hydrogens (primary N) is 1. The molecule has 0 aliphatic rings. The van der Waals surface area contributed by atoms with Crippen LogP contribution in [0, 0.1) is 0 Å². The molecule has 0 aromatic heterocycles. The van der Waals surface area contributed by atoms with Gasteiger partial charge in [-0.3, -0.25) is 9.59 Å². The highest BCUT2D eigenvalue weighted by molar-refractivity contribution is 5.97. The summed E-state index contributed by atoms with van der Waals surface area (Å²) in [6.07, 6.45) is -1.05. The molecule has 8 heteroatoms. The number of carbonyl (C=O) groups excluding carboxylic acids is 2. The number of ether oxygens (including phenoxy) is 2. The molecule has 0 unspecified atom stereocenters. The van der Waals surface area contributed by atoms with Crippen molar-refractivity contribution in [1.82, 2.24) is 4.90 Å². The van der Waals surface area contributed by atoms with Crippen molar-refractivity contribution < 1.29 is 29.0 Å². The summed E-state index contributed by atoms with van der Waals surface area (Å²) in [6.45, 7) is 3.86. The summed E-state index contributed by atoms with van der Waals surface area (Å²) in [5.41, 5.74) is 4.64. The molecule has 0 aliphatic heterocycles. The van der Waals surface area contributed by atoms with Crippen LogP contribution in [-0.4, -0.2) is 59.9 Å². The van der Waals surface area contributed by atoms with Gasteiger partial charge in [-0.2, -0.15) is 0 Å². The maximum absolute atomic E-state index is 11.9. The van der Waals surface area contributed by atoms with E-state index >= 15 is 0 Å². The average molecular weight is 276 g/mol. The topological polar surface area (TPSA) is 119 Å². The maximum atomic E-state index is 11.9. The standard InChI is InChI=1S/C11H20N2O6/c1-11(2,3)19-10(17)13(5-8(14)15)9(16)7(12)6-18-4/h7H,5-6,12H2,1-4H3,(H,14,15)/t7-/m0/s1. The van der Waals surface area contributed by atoms with Gasteiger partial charge in [0.25, 0.3) is 5.91 Å². The molecule has 2 amide bonds. The minimum absolute atomic E-state index is 0.127. The van der Waals surface area contributed by atoms with Crippen molar-refractivity contribution in [2.24, 2.45) is 5.73 Å². The van der Waals surface area contributed by atoms with Gasteiger partial charge in [-0.1, -0.05) is 0 Å². The molecule has 0 fully saturated rings. The Morgan fingerprint density at radius 2 is 1.84 bits per heavy atom. The molecule has 0 bridgehead atoms. The van der Waals surface area contributed by atoms with E-state index in [1.807, 2.05) is 0 Å². The fraction of sp³-hybridized carbons (Fsp3) is 0.727. The van der Waals surface area contributed by atoms with Crippen molar-refractivity contribution in [2.75, 3.05) is 20.3 Å². The highest BCUT2D eigenvalue weighted by Gasteiger charge is 2.32. The Morgan fingerprint density at radius 1 is 1.32 bits per heavy atom. The highest BCUT2D eigenvalue weighted by Crippen LogP contribution is 2.10. The van der Waals surface area contributed by atoms with E-state index in [0.717, 1.165) is 0 Å².